The van der Waals surface area contributed by atoms with Gasteiger partial charge in [-0.05, 0) is 93.5 Å². The molecule has 4 atom stereocenters. The van der Waals surface area contributed by atoms with Gasteiger partial charge in [0.25, 0.3) is 36.0 Å². The zero-order valence-corrected chi connectivity index (χ0v) is 44.0. The number of rotatable bonds is 19. The number of hydrogen-bond acceptors (Lipinski definition) is 18. The van der Waals surface area contributed by atoms with Crippen molar-refractivity contribution in [2.24, 2.45) is 5.14 Å². The van der Waals surface area contributed by atoms with Crippen LogP contribution in [0, 0.1) is 0 Å². The maximum atomic E-state index is 13.1. The molecule has 6 N–H and O–H groups in total. The number of primary sulfonamides is 1. The summed E-state index contributed by atoms with van der Waals surface area (Å²) in [6.07, 6.45) is -0.645. The summed E-state index contributed by atoms with van der Waals surface area (Å²) in [4.78, 5) is 22.6. The van der Waals surface area contributed by atoms with E-state index in [2.05, 4.69) is 10.6 Å². The predicted octanol–water partition coefficient (Wildman–Crippen LogP) is 2.81. The Morgan fingerprint density at radius 3 is 1.49 bits per heavy atom. The molecule has 0 radical (unpaired) electrons. The highest BCUT2D eigenvalue weighted by atomic mass is 32.3. The molecule has 0 saturated carbocycles. The first-order valence-electron chi connectivity index (χ1n) is 20.7. The third-order valence-corrected chi connectivity index (χ3v) is 19.4. The highest BCUT2D eigenvalue weighted by Gasteiger charge is 2.41. The molecule has 4 rings (SSSR count). The Labute approximate surface area is 393 Å². The van der Waals surface area contributed by atoms with Crippen molar-refractivity contribution in [2.45, 2.75) is 134 Å². The van der Waals surface area contributed by atoms with E-state index in [1.54, 1.807) is 35.0 Å². The van der Waals surface area contributed by atoms with Crippen molar-refractivity contribution in [2.75, 3.05) is 66.7 Å². The summed E-state index contributed by atoms with van der Waals surface area (Å²) in [5.41, 5.74) is -0.143. The highest BCUT2D eigenvalue weighted by Crippen LogP contribution is 2.41. The lowest BCUT2D eigenvalue weighted by molar-refractivity contribution is -0.157. The molecule has 0 spiro atoms. The van der Waals surface area contributed by atoms with Crippen molar-refractivity contribution in [3.8, 4) is 0 Å². The average Bonchev–Trinajstić information content (AvgIpc) is 3.84. The number of thiophene rings is 2. The van der Waals surface area contributed by atoms with Crippen molar-refractivity contribution in [1.82, 2.24) is 24.0 Å². The number of carbonyl (C=O) groups excluding carboxylic acids is 1. The van der Waals surface area contributed by atoms with Gasteiger partial charge in [0, 0.05) is 76.8 Å². The largest absolute Gasteiger partial charge is 0.479 e. The number of nitrogens with two attached hydrogens (primary N) is 1. The Morgan fingerprint density at radius 2 is 1.15 bits per heavy atom. The summed E-state index contributed by atoms with van der Waals surface area (Å²) < 4.78 is 126. The number of aliphatic carboxylic acids is 1. The number of amides is 1. The number of fused-ring (bicyclic) bond motifs is 2. The third-order valence-electron chi connectivity index (χ3n) is 9.05. The summed E-state index contributed by atoms with van der Waals surface area (Å²) in [7, 11) is -12.7. The monoisotopic (exact) mass is 1040 g/mol. The van der Waals surface area contributed by atoms with Crippen LogP contribution >= 0.6 is 22.7 Å². The fourth-order valence-electron chi connectivity index (χ4n) is 6.39. The lowest BCUT2D eigenvalue weighted by Crippen LogP contribution is -2.43. The fraction of sp³-hybridized carbons (Fsp3) is 0.737. The quantitative estimate of drug-likeness (QED) is 0.126. The number of carboxylic acid groups (broad SMARTS) is 1. The van der Waals surface area contributed by atoms with Crippen LogP contribution in [0.5, 0.6) is 0 Å². The normalized spacial score (nSPS) is 19.6. The Morgan fingerprint density at radius 1 is 0.769 bits per heavy atom. The minimum atomic E-state index is -4.27. The van der Waals surface area contributed by atoms with Gasteiger partial charge in [-0.3, -0.25) is 4.79 Å². The lowest BCUT2D eigenvalue weighted by atomic mass is 10.1. The average molecular weight is 1040 g/mol. The Hall–Kier alpha value is -2.22. The molecule has 1 amide bonds. The third kappa shape index (κ3) is 17.4. The van der Waals surface area contributed by atoms with Crippen LogP contribution in [0.25, 0.3) is 0 Å². The van der Waals surface area contributed by atoms with Gasteiger partial charge in [0.2, 0.25) is 10.0 Å². The van der Waals surface area contributed by atoms with Crippen molar-refractivity contribution >= 4 is 74.6 Å². The molecule has 0 bridgehead atoms. The van der Waals surface area contributed by atoms with Crippen LogP contribution in [-0.4, -0.2) is 149 Å². The van der Waals surface area contributed by atoms with E-state index in [0.717, 1.165) is 0 Å². The summed E-state index contributed by atoms with van der Waals surface area (Å²) in [5.74, 6) is -1.74. The number of hydrogen-bond donors (Lipinski definition) is 5. The first-order chi connectivity index (χ1) is 29.8. The second-order valence-electron chi connectivity index (χ2n) is 16.9. The molecule has 376 valence electrons. The van der Waals surface area contributed by atoms with E-state index < -0.39 is 69.8 Å². The fourth-order valence-corrected chi connectivity index (χ4v) is 15.6. The molecule has 21 nitrogen and oxygen atoms in total. The number of carbonyl (C=O) groups is 2. The topological polar surface area (TPSA) is 296 Å². The van der Waals surface area contributed by atoms with Crippen LogP contribution in [0.3, 0.4) is 0 Å². The molecule has 0 saturated heterocycles. The summed E-state index contributed by atoms with van der Waals surface area (Å²) in [6.45, 7) is 20.6. The SMILES string of the molecule is CCN[C@H]1CN(CCCOC)S(=O)(=O)c2sc(S(=O)(=O)NC(=O)[C@H](C)OC(C)(C)C)cc21.CCN[C@H]1CN(CCCOC)S(=O)(=O)c2sc(S(N)(=O)=O)cc21.C[C@H](OC(C)(C)C)C(=O)O. The Bertz CT molecular complexity index is 2340. The molecule has 2 aromatic rings. The number of methoxy groups -OCH3 is 2. The van der Waals surface area contributed by atoms with Gasteiger partial charge in [0.05, 0.1) is 11.2 Å². The number of sulfonamides is 4. The van der Waals surface area contributed by atoms with Gasteiger partial charge in [-0.15, -0.1) is 22.7 Å². The van der Waals surface area contributed by atoms with Crippen LogP contribution < -0.4 is 20.5 Å². The molecule has 27 heteroatoms. The molecule has 0 unspecified atom stereocenters. The molecular weight excluding hydrogens is 973 g/mol. The Balaban J connectivity index is 0.000000382. The molecule has 0 aromatic carbocycles. The predicted molar refractivity (Wildman–Crippen MR) is 247 cm³/mol. The lowest BCUT2D eigenvalue weighted by Gasteiger charge is -2.32. The molecule has 2 aliphatic rings. The minimum absolute atomic E-state index is 0.0288. The van der Waals surface area contributed by atoms with Gasteiger partial charge >= 0.3 is 5.97 Å². The van der Waals surface area contributed by atoms with Crippen LogP contribution in [0.15, 0.2) is 29.0 Å². The van der Waals surface area contributed by atoms with Crippen molar-refractivity contribution in [3.63, 3.8) is 0 Å². The van der Waals surface area contributed by atoms with Gasteiger partial charge in [-0.1, -0.05) is 13.8 Å². The van der Waals surface area contributed by atoms with Crippen molar-refractivity contribution in [1.29, 1.82) is 0 Å². The van der Waals surface area contributed by atoms with Gasteiger partial charge in [-0.25, -0.2) is 48.3 Å². The molecule has 4 heterocycles. The van der Waals surface area contributed by atoms with Crippen molar-refractivity contribution < 1.29 is 67.3 Å². The van der Waals surface area contributed by atoms with Gasteiger partial charge < -0.3 is 34.7 Å². The van der Waals surface area contributed by atoms with E-state index in [4.69, 9.17) is 29.2 Å². The maximum absolute atomic E-state index is 13.1. The number of nitrogens with one attached hydrogen (secondary N) is 3. The molecule has 2 aromatic heterocycles. The van der Waals surface area contributed by atoms with Crippen LogP contribution in [0.1, 0.15) is 105 Å². The zero-order valence-electron chi connectivity index (χ0n) is 39.1. The van der Waals surface area contributed by atoms with Gasteiger partial charge in [-0.2, -0.15) is 8.61 Å². The molecular formula is C38H68N6O15S6. The first kappa shape index (κ1) is 58.9. The van der Waals surface area contributed by atoms with E-state index in [9.17, 15) is 43.3 Å². The molecule has 65 heavy (non-hydrogen) atoms. The standard InChI is InChI=1S/C19H33N3O7S3.C12H21N3O5S3.C7H14O3/c1-7-20-15-12-22(9-8-10-28-6)32(26,27)18-14(15)11-16(30-18)31(24,25)21-17(23)13(2)29-19(3,4)5;1-3-14-10-8-15(5-4-6-20-2)23(18,19)12-9(10)7-11(21-12)22(13,16)17;1-5(6(8)9)10-7(2,3)4/h11,13,15,20H,7-10,12H2,1-6H3,(H,21,23);7,10,14H,3-6,8H2,1-2H3,(H2,13,16,17);5H,1-4H3,(H,8,9)/t13-,15-;10-;5-/m000/s1. The van der Waals surface area contributed by atoms with Crippen LogP contribution in [0.2, 0.25) is 0 Å². The first-order valence-corrected chi connectivity index (χ1v) is 28.2. The van der Waals surface area contributed by atoms with E-state index in [0.29, 0.717) is 79.5 Å². The minimum Gasteiger partial charge on any atom is -0.479 e. The second kappa shape index (κ2) is 24.4. The molecule has 0 aliphatic carbocycles. The van der Waals surface area contributed by atoms with Crippen molar-refractivity contribution in [3.05, 3.63) is 23.3 Å². The number of carboxylic acids is 1. The smallest absolute Gasteiger partial charge is 0.332 e. The zero-order chi connectivity index (χ0) is 49.9. The van der Waals surface area contributed by atoms with Gasteiger partial charge in [0.1, 0.15) is 22.9 Å². The van der Waals surface area contributed by atoms with E-state index in [1.165, 1.54) is 34.6 Å². The number of ether oxygens (including phenoxy) is 4. The number of nitrogens with zero attached hydrogens (tertiary/aromatic N) is 2. The summed E-state index contributed by atoms with van der Waals surface area (Å²) in [6, 6.07) is 2.09. The van der Waals surface area contributed by atoms with Gasteiger partial charge in [0.15, 0.2) is 6.10 Å². The van der Waals surface area contributed by atoms with Crippen LogP contribution in [0.4, 0.5) is 0 Å². The summed E-state index contributed by atoms with van der Waals surface area (Å²) >= 11 is 1.35. The van der Waals surface area contributed by atoms with E-state index in [-0.39, 0.29) is 54.2 Å². The van der Waals surface area contributed by atoms with E-state index in [1.807, 2.05) is 39.3 Å². The van der Waals surface area contributed by atoms with E-state index >= 15 is 0 Å². The Kier molecular flexibility index (Phi) is 22.1. The van der Waals surface area contributed by atoms with Crippen LogP contribution in [-0.2, 0) is 68.6 Å². The highest BCUT2D eigenvalue weighted by molar-refractivity contribution is 7.94. The molecule has 0 fully saturated rings. The molecule has 2 aliphatic heterocycles. The second-order valence-corrected chi connectivity index (χ2v) is 26.9. The summed E-state index contributed by atoms with van der Waals surface area (Å²) in [5, 5.41) is 20.0. The maximum Gasteiger partial charge on any atom is 0.332 e. The number of likely N-dealkylation sites (N-methyl/N-ethyl adjacent to an activating group) is 2.